The van der Waals surface area contributed by atoms with E-state index in [0.29, 0.717) is 0 Å². The minimum absolute atomic E-state index is 0.232. The van der Waals surface area contributed by atoms with Gasteiger partial charge >= 0.3 is 0 Å². The number of methoxy groups -OCH3 is 1. The van der Waals surface area contributed by atoms with Crippen LogP contribution in [0.1, 0.15) is 31.7 Å². The van der Waals surface area contributed by atoms with E-state index < -0.39 is 0 Å². The highest BCUT2D eigenvalue weighted by Gasteiger charge is 2.32. The third-order valence-corrected chi connectivity index (χ3v) is 5.34. The first-order chi connectivity index (χ1) is 11.7. The number of aromatic nitrogens is 1. The summed E-state index contributed by atoms with van der Waals surface area (Å²) >= 11 is 0. The molecule has 1 aromatic heterocycles. The van der Waals surface area contributed by atoms with Gasteiger partial charge in [-0.1, -0.05) is 19.1 Å². The van der Waals surface area contributed by atoms with Crippen molar-refractivity contribution in [2.45, 2.75) is 38.1 Å². The Bertz CT molecular complexity index is 598. The average molecular weight is 327 g/mol. The van der Waals surface area contributed by atoms with Crippen molar-refractivity contribution in [1.29, 1.82) is 0 Å². The van der Waals surface area contributed by atoms with Gasteiger partial charge in [-0.15, -0.1) is 0 Å². The van der Waals surface area contributed by atoms with Crippen LogP contribution >= 0.6 is 0 Å². The summed E-state index contributed by atoms with van der Waals surface area (Å²) in [6.07, 6.45) is 8.85. The summed E-state index contributed by atoms with van der Waals surface area (Å²) in [6.45, 7) is 5.76. The van der Waals surface area contributed by atoms with Crippen LogP contribution in [0.5, 0.6) is 5.75 Å². The van der Waals surface area contributed by atoms with E-state index in [4.69, 9.17) is 4.74 Å². The molecule has 2 aromatic rings. The lowest BCUT2D eigenvalue weighted by Gasteiger charge is -2.42. The van der Waals surface area contributed by atoms with Crippen molar-refractivity contribution in [2.24, 2.45) is 0 Å². The molecule has 4 heteroatoms. The number of hydrogen-bond acceptors (Lipinski definition) is 3. The number of ether oxygens (including phenoxy) is 1. The largest absolute Gasteiger partial charge is 0.497 e. The number of rotatable bonds is 7. The first-order valence-corrected chi connectivity index (χ1v) is 8.99. The molecule has 0 atom stereocenters. The van der Waals surface area contributed by atoms with Crippen LogP contribution in [0.2, 0.25) is 0 Å². The van der Waals surface area contributed by atoms with Gasteiger partial charge in [0.05, 0.1) is 12.6 Å². The molecule has 0 radical (unpaired) electrons. The topological polar surface area (TPSA) is 29.4 Å². The molecule has 1 aliphatic rings. The van der Waals surface area contributed by atoms with Gasteiger partial charge in [-0.3, -0.25) is 4.68 Å². The fraction of sp³-hybridized carbons (Fsp3) is 0.500. The molecule has 2 heterocycles. The first kappa shape index (κ1) is 16.9. The number of nitrogens with zero attached hydrogens (tertiary/aromatic N) is 2. The number of piperidine rings is 1. The Labute approximate surface area is 145 Å². The Kier molecular flexibility index (Phi) is 5.46. The van der Waals surface area contributed by atoms with Gasteiger partial charge in [0.2, 0.25) is 0 Å². The van der Waals surface area contributed by atoms with E-state index in [1.165, 1.54) is 18.4 Å². The Balaban J connectivity index is 1.48. The van der Waals surface area contributed by atoms with Crippen molar-refractivity contribution in [1.82, 2.24) is 9.58 Å². The third-order valence-electron chi connectivity index (χ3n) is 5.34. The molecule has 130 valence electrons. The molecule has 0 saturated carbocycles. The first-order valence-electron chi connectivity index (χ1n) is 8.99. The Morgan fingerprint density at radius 3 is 2.33 bits per heavy atom. The standard InChI is InChI=1S/C20H29N3O/c1-3-20(21-23-13-4-5-14-23)11-16-22(17-12-20)15-10-18-6-8-19(24-2)9-7-18/h4-9,13-14,21H,3,10-12,15-17H2,1-2H3. The zero-order valence-corrected chi connectivity index (χ0v) is 14.9. The van der Waals surface area contributed by atoms with Crippen molar-refractivity contribution in [3.8, 4) is 5.75 Å². The van der Waals surface area contributed by atoms with Gasteiger partial charge in [0, 0.05) is 32.0 Å². The van der Waals surface area contributed by atoms with Crippen LogP contribution in [0.4, 0.5) is 0 Å². The molecule has 1 saturated heterocycles. The molecule has 3 rings (SSSR count). The molecule has 1 aromatic carbocycles. The van der Waals surface area contributed by atoms with Crippen LogP contribution in [0, 0.1) is 0 Å². The van der Waals surface area contributed by atoms with Gasteiger partial charge in [0.1, 0.15) is 5.75 Å². The van der Waals surface area contributed by atoms with E-state index in [1.54, 1.807) is 7.11 Å². The SMILES string of the molecule is CCC1(Nn2cccc2)CCN(CCc2ccc(OC)cc2)CC1. The highest BCUT2D eigenvalue weighted by atomic mass is 16.5. The van der Waals surface area contributed by atoms with Crippen LogP contribution in [-0.4, -0.2) is 41.9 Å². The van der Waals surface area contributed by atoms with Crippen LogP contribution in [0.3, 0.4) is 0 Å². The summed E-state index contributed by atoms with van der Waals surface area (Å²) in [6, 6.07) is 12.6. The zero-order chi connectivity index (χ0) is 16.8. The van der Waals surface area contributed by atoms with Crippen molar-refractivity contribution >= 4 is 0 Å². The summed E-state index contributed by atoms with van der Waals surface area (Å²) in [5.41, 5.74) is 5.32. The second kappa shape index (κ2) is 7.75. The number of benzene rings is 1. The van der Waals surface area contributed by atoms with E-state index in [0.717, 1.165) is 38.2 Å². The smallest absolute Gasteiger partial charge is 0.118 e. The predicted molar refractivity (Wildman–Crippen MR) is 99.2 cm³/mol. The molecule has 0 amide bonds. The van der Waals surface area contributed by atoms with Gasteiger partial charge in [-0.05, 0) is 55.5 Å². The normalized spacial score (nSPS) is 17.6. The molecule has 0 aliphatic carbocycles. The minimum atomic E-state index is 0.232. The molecule has 0 spiro atoms. The van der Waals surface area contributed by atoms with Crippen molar-refractivity contribution < 1.29 is 4.74 Å². The Morgan fingerprint density at radius 2 is 1.75 bits per heavy atom. The maximum absolute atomic E-state index is 5.22. The van der Waals surface area contributed by atoms with Crippen LogP contribution < -0.4 is 10.2 Å². The molecule has 1 N–H and O–H groups in total. The molecule has 4 nitrogen and oxygen atoms in total. The number of likely N-dealkylation sites (tertiary alicyclic amines) is 1. The zero-order valence-electron chi connectivity index (χ0n) is 14.9. The molecule has 0 unspecified atom stereocenters. The molecule has 0 bridgehead atoms. The maximum Gasteiger partial charge on any atom is 0.118 e. The van der Waals surface area contributed by atoms with Crippen molar-refractivity contribution in [3.05, 3.63) is 54.4 Å². The van der Waals surface area contributed by atoms with Gasteiger partial charge in [0.15, 0.2) is 0 Å². The summed E-state index contributed by atoms with van der Waals surface area (Å²) < 4.78 is 7.33. The van der Waals surface area contributed by atoms with Crippen LogP contribution in [0.25, 0.3) is 0 Å². The highest BCUT2D eigenvalue weighted by molar-refractivity contribution is 5.27. The van der Waals surface area contributed by atoms with Gasteiger partial charge in [-0.25, -0.2) is 0 Å². The third kappa shape index (κ3) is 4.12. The van der Waals surface area contributed by atoms with E-state index in [9.17, 15) is 0 Å². The lowest BCUT2D eigenvalue weighted by atomic mass is 9.85. The quantitative estimate of drug-likeness (QED) is 0.843. The van der Waals surface area contributed by atoms with Crippen molar-refractivity contribution in [2.75, 3.05) is 32.2 Å². The Hall–Kier alpha value is -1.94. The summed E-state index contributed by atoms with van der Waals surface area (Å²) in [5.74, 6) is 0.931. The fourth-order valence-corrected chi connectivity index (χ4v) is 3.51. The maximum atomic E-state index is 5.22. The molecule has 24 heavy (non-hydrogen) atoms. The summed E-state index contributed by atoms with van der Waals surface area (Å²) in [7, 11) is 1.71. The molecular weight excluding hydrogens is 298 g/mol. The van der Waals surface area contributed by atoms with Crippen molar-refractivity contribution in [3.63, 3.8) is 0 Å². The molecular formula is C20H29N3O. The highest BCUT2D eigenvalue weighted by Crippen LogP contribution is 2.27. The summed E-state index contributed by atoms with van der Waals surface area (Å²) in [5, 5.41) is 0. The second-order valence-electron chi connectivity index (χ2n) is 6.78. The molecule has 1 aliphatic heterocycles. The van der Waals surface area contributed by atoms with Gasteiger partial charge in [-0.2, -0.15) is 0 Å². The van der Waals surface area contributed by atoms with E-state index >= 15 is 0 Å². The van der Waals surface area contributed by atoms with Gasteiger partial charge in [0.25, 0.3) is 0 Å². The van der Waals surface area contributed by atoms with Gasteiger partial charge < -0.3 is 15.1 Å². The van der Waals surface area contributed by atoms with E-state index in [1.807, 2.05) is 0 Å². The van der Waals surface area contributed by atoms with E-state index in [-0.39, 0.29) is 5.54 Å². The lowest BCUT2D eigenvalue weighted by Crippen LogP contribution is -2.51. The fourth-order valence-electron chi connectivity index (χ4n) is 3.51. The average Bonchev–Trinajstić information content (AvgIpc) is 3.14. The summed E-state index contributed by atoms with van der Waals surface area (Å²) in [4.78, 5) is 2.59. The molecule has 1 fully saturated rings. The number of hydrogen-bond donors (Lipinski definition) is 1. The monoisotopic (exact) mass is 327 g/mol. The second-order valence-corrected chi connectivity index (χ2v) is 6.78. The predicted octanol–water partition coefficient (Wildman–Crippen LogP) is 3.53. The van der Waals surface area contributed by atoms with Crippen LogP contribution in [-0.2, 0) is 6.42 Å². The number of nitrogens with one attached hydrogen (secondary N) is 1. The lowest BCUT2D eigenvalue weighted by molar-refractivity contribution is 0.163. The van der Waals surface area contributed by atoms with Crippen LogP contribution in [0.15, 0.2) is 48.8 Å². The van der Waals surface area contributed by atoms with E-state index in [2.05, 4.69) is 70.7 Å². The minimum Gasteiger partial charge on any atom is -0.497 e. The Morgan fingerprint density at radius 1 is 1.08 bits per heavy atom.